The van der Waals surface area contributed by atoms with Crippen LogP contribution in [0.4, 0.5) is 11.4 Å². The van der Waals surface area contributed by atoms with Gasteiger partial charge in [-0.3, -0.25) is 29.1 Å². The van der Waals surface area contributed by atoms with Crippen LogP contribution in [0.15, 0.2) is 112 Å². The summed E-state index contributed by atoms with van der Waals surface area (Å²) in [5.74, 6) is -0.562. The van der Waals surface area contributed by atoms with E-state index < -0.39 is 88.6 Å². The number of carbonyl (C=O) groups is 5. The number of thiophene rings is 2. The number of nitrogens with one attached hydrogen (secondary N) is 2. The SMILES string of the molecule is Brc1cn[nH]c1.C.CC1(C)OB(c2cnn(S(=O)(=O)N3CC(CO)C3)c2)OC1(C)C.CCCN(CCC)C(=O)C1=Cc2sc(-c3cnn(S(=O)(=O)N4CC(CO)C4)c3)cc2N=C(N)C1.CCCN(CCC)C(=O)C1=Cc2sc(Br)cc2N=C(N)C1.COC(=O)C1CN(S(=O)(=O)Cl)C1.COC(=O)C1CN(S(=O)(=O)n2cc(Br)cn2)C1.COC(=O)C1CNC1.O=S(=O)(Cl)Cl.O=S(=O)(N1CC(CO)C1)n1cc(Br)cn1. The van der Waals surface area contributed by atoms with Gasteiger partial charge in [-0.15, -0.1) is 22.7 Å². The Balaban J connectivity index is 0.000000228. The Kier molecular flexibility index (Phi) is 46.5. The minimum Gasteiger partial charge on any atom is -0.469 e. The number of hydrogen-bond donors (Lipinski definition) is 7. The number of aliphatic hydroxyl groups is 3. The maximum atomic E-state index is 13.2. The number of aliphatic imine (C=N–C) groups is 2. The summed E-state index contributed by atoms with van der Waals surface area (Å²) in [6.45, 7) is 22.9. The van der Waals surface area contributed by atoms with Gasteiger partial charge in [-0.05, 0) is 141 Å². The van der Waals surface area contributed by atoms with E-state index in [1.165, 1.54) is 99.5 Å². The summed E-state index contributed by atoms with van der Waals surface area (Å²) in [6, 6.07) is 3.78. The molecule has 792 valence electrons. The van der Waals surface area contributed by atoms with Crippen molar-refractivity contribution in [1.82, 2.24) is 83.6 Å². The average molecular weight is 2470 g/mol. The van der Waals surface area contributed by atoms with Gasteiger partial charge in [0.2, 0.25) is 11.8 Å². The molecule has 0 spiro atoms. The number of amides is 2. The minimum absolute atomic E-state index is 0. The number of aromatic amines is 1. The van der Waals surface area contributed by atoms with Gasteiger partial charge < -0.3 is 65.4 Å². The predicted octanol–water partition coefficient (Wildman–Crippen LogP) is 6.16. The highest BCUT2D eigenvalue weighted by atomic mass is 79.9. The summed E-state index contributed by atoms with van der Waals surface area (Å²) in [5, 5.41) is 51.6. The van der Waals surface area contributed by atoms with Gasteiger partial charge in [0.25, 0.3) is 9.24 Å². The molecule has 7 fully saturated rings. The van der Waals surface area contributed by atoms with Gasteiger partial charge in [0.15, 0.2) is 0 Å². The third kappa shape index (κ3) is 33.7. The molecule has 9 N–H and O–H groups in total. The lowest BCUT2D eigenvalue weighted by Crippen LogP contribution is -2.54. The highest BCUT2D eigenvalue weighted by Gasteiger charge is 2.53. The van der Waals surface area contributed by atoms with Gasteiger partial charge >= 0.3 is 74.1 Å². The molecule has 2 amide bonds. The Bertz CT molecular complexity index is 6270. The number of H-pyrrole nitrogens is 1. The molecule has 7 aromatic rings. The van der Waals surface area contributed by atoms with Crippen LogP contribution in [0, 0.1) is 35.5 Å². The molecule has 47 nitrogen and oxygen atoms in total. The van der Waals surface area contributed by atoms with Crippen molar-refractivity contribution in [3.05, 3.63) is 112 Å². The number of methoxy groups -OCH3 is 3. The standard InChI is InChI=1S/C22H30N6O4S2.C15H20BrN3OS.C13H22BN3O5S.C8H10BrN3O4S.C7H10BrN3O3S.C5H8ClNO4S.C5H9NO2.C3H3BrN2.CH4.Cl2O2S/c1-3-5-26(6-4-2)22(30)16-7-20-18(25-21(23)8-16)9-19(33-20)17-10-24-28(13-17)34(31,32)27-11-15(12-27)14-29;1-3-5-19(6-4-2)15(20)10-7-12-11(9-13(16)21-12)18-14(17)8-10;1-12(2)13(3,4)22-14(21-12)11-5-15-17(8-11)23(19,20)16-6-10(7-16)9-18;1-16-8(13)6-3-11(4-6)17(14,15)12-5-7(9)2-10-12;8-7-1-9-11(4-7)15(13,14)10-2-6(3-10)5-12;1-11-5(8)4-2-7(3-4)12(6,9)10;1-8-5(7)4-2-6-3-4;4-3-1-5-6-2-3;;1-5(2,3)4/h7,9-10,13,15,29H,3-6,8,11-12,14H2,1-2H3,(H2,23,25);7,9H,3-6,8H2,1-2H3,(H2,17,18);5,8,10,18H,6-7,9H2,1-4H3;2,5-6H,3-4H2,1H3;1,4,6,12H,2-3,5H2;4H,2-3H2,1H3;4,6H,2-3H2,1H3;1-2H,(H,5,6);1H4;. The first-order chi connectivity index (χ1) is 66.0. The zero-order valence-corrected chi connectivity index (χ0v) is 93.4. The number of aliphatic hydroxyl groups excluding tert-OH is 3. The number of hydrogen-bond acceptors (Lipinski definition) is 37. The van der Waals surface area contributed by atoms with E-state index in [9.17, 15) is 66.1 Å². The minimum atomic E-state index is -3.77. The number of ether oxygens (including phenoxy) is 3. The zero-order valence-electron chi connectivity index (χ0n) is 78.2. The smallest absolute Gasteiger partial charge is 0.469 e. The number of rotatable bonds is 27. The molecule has 7 saturated heterocycles. The molecule has 0 aliphatic carbocycles. The van der Waals surface area contributed by atoms with Crippen molar-refractivity contribution < 1.29 is 113 Å². The molecule has 16 heterocycles. The molecule has 0 atom stereocenters. The van der Waals surface area contributed by atoms with Gasteiger partial charge in [-0.2, -0.15) is 114 Å². The monoisotopic (exact) mass is 2460 g/mol. The van der Waals surface area contributed by atoms with Gasteiger partial charge in [-0.25, -0.2) is 9.98 Å². The van der Waals surface area contributed by atoms with Crippen LogP contribution >= 0.6 is 118 Å². The lowest BCUT2D eigenvalue weighted by atomic mass is 9.82. The lowest BCUT2D eigenvalue weighted by Gasteiger charge is -2.36. The molecule has 16 rings (SSSR count). The van der Waals surface area contributed by atoms with E-state index in [0.717, 1.165) is 107 Å². The van der Waals surface area contributed by atoms with Crippen molar-refractivity contribution in [3.8, 4) is 10.4 Å². The fourth-order valence-electron chi connectivity index (χ4n) is 13.5. The summed E-state index contributed by atoms with van der Waals surface area (Å²) in [6.07, 6.45) is 23.0. The Morgan fingerprint density at radius 1 is 0.507 bits per heavy atom. The molecular weight excluding hydrogens is 2350 g/mol. The van der Waals surface area contributed by atoms with Crippen LogP contribution in [0.1, 0.15) is 111 Å². The largest absolute Gasteiger partial charge is 0.498 e. The molecule has 142 heavy (non-hydrogen) atoms. The molecule has 63 heteroatoms. The number of nitrogens with zero attached hydrogens (tertiary/aromatic N) is 18. The van der Waals surface area contributed by atoms with Crippen LogP contribution < -0.4 is 22.2 Å². The summed E-state index contributed by atoms with van der Waals surface area (Å²) < 4.78 is 175. The van der Waals surface area contributed by atoms with Gasteiger partial charge in [0.1, 0.15) is 11.7 Å². The van der Waals surface area contributed by atoms with E-state index in [-0.39, 0.29) is 120 Å². The van der Waals surface area contributed by atoms with Gasteiger partial charge in [-0.1, -0.05) is 35.1 Å². The quantitative estimate of drug-likeness (QED) is 0.0131. The van der Waals surface area contributed by atoms with E-state index >= 15 is 0 Å². The Hall–Kier alpha value is -6.67. The van der Waals surface area contributed by atoms with Crippen molar-refractivity contribution >= 4 is 254 Å². The van der Waals surface area contributed by atoms with Crippen molar-refractivity contribution in [2.45, 2.75) is 113 Å². The third-order valence-electron chi connectivity index (χ3n) is 22.1. The number of fused-ring (bicyclic) bond motifs is 2. The van der Waals surface area contributed by atoms with E-state index in [2.05, 4.69) is 159 Å². The first kappa shape index (κ1) is 122. The summed E-state index contributed by atoms with van der Waals surface area (Å²) in [7, 11) is -5.16. The second kappa shape index (κ2) is 54.0. The van der Waals surface area contributed by atoms with Crippen LogP contribution in [0.3, 0.4) is 0 Å². The molecule has 7 aromatic heterocycles. The van der Waals surface area contributed by atoms with Gasteiger partial charge in [0, 0.05) is 227 Å². The van der Waals surface area contributed by atoms with Crippen molar-refractivity contribution in [1.29, 1.82) is 0 Å². The van der Waals surface area contributed by atoms with E-state index in [0.29, 0.717) is 95.0 Å². The topological polar surface area (TPSA) is 608 Å². The average Bonchev–Trinajstić information content (AvgIpc) is 1.61. The summed E-state index contributed by atoms with van der Waals surface area (Å²) >= 11 is 15.9. The number of nitrogens with two attached hydrogens (primary N) is 2. The fraction of sp³-hybridized carbons (Fsp3) is 0.570. The molecule has 9 aliphatic heterocycles. The van der Waals surface area contributed by atoms with Gasteiger partial charge in [0.05, 0.1) is 138 Å². The second-order valence-corrected chi connectivity index (χ2v) is 53.0. The first-order valence-electron chi connectivity index (χ1n) is 43.3. The number of halogens is 7. The Morgan fingerprint density at radius 2 is 0.859 bits per heavy atom. The van der Waals surface area contributed by atoms with Crippen LogP contribution in [0.5, 0.6) is 0 Å². The van der Waals surface area contributed by atoms with Crippen LogP contribution in [-0.2, 0) is 106 Å². The molecule has 0 bridgehead atoms. The lowest BCUT2D eigenvalue weighted by molar-refractivity contribution is -0.149. The van der Waals surface area contributed by atoms with E-state index in [1.54, 1.807) is 23.7 Å². The summed E-state index contributed by atoms with van der Waals surface area (Å²) in [4.78, 5) is 73.6. The van der Waals surface area contributed by atoms with Crippen LogP contribution in [0.25, 0.3) is 22.6 Å². The normalized spacial score (nSPS) is 17.9. The zero-order chi connectivity index (χ0) is 105. The highest BCUT2D eigenvalue weighted by molar-refractivity contribution is 9.11. The van der Waals surface area contributed by atoms with Crippen LogP contribution in [-0.4, -0.2) is 350 Å². The van der Waals surface area contributed by atoms with E-state index in [1.807, 2.05) is 75.6 Å². The van der Waals surface area contributed by atoms with Crippen LogP contribution in [0.2, 0.25) is 0 Å². The number of esters is 3. The predicted molar refractivity (Wildman–Crippen MR) is 552 cm³/mol. The molecule has 9 aliphatic rings. The number of carbonyl (C=O) groups excluding carboxylic acids is 5. The highest BCUT2D eigenvalue weighted by Crippen LogP contribution is 2.42. The summed E-state index contributed by atoms with van der Waals surface area (Å²) in [5.41, 5.74) is 15.1. The first-order valence-corrected chi connectivity index (χ1v) is 59.1. The number of amidine groups is 2. The van der Waals surface area contributed by atoms with E-state index in [4.69, 9.17) is 55.2 Å². The molecule has 0 saturated carbocycles. The molecule has 0 radical (unpaired) electrons. The molecular formula is C79H116BBr4Cl3N22O25S8. The van der Waals surface area contributed by atoms with Crippen molar-refractivity contribution in [2.75, 3.05) is 146 Å². The second-order valence-electron chi connectivity index (χ2n) is 33.4. The Labute approximate surface area is 881 Å². The maximum absolute atomic E-state index is 13.2. The third-order valence-corrected chi connectivity index (χ3v) is 34.0. The Morgan fingerprint density at radius 3 is 1.18 bits per heavy atom. The fourth-order valence-corrected chi connectivity index (χ4v) is 23.9. The molecule has 0 aromatic carbocycles. The molecule has 0 unspecified atom stereocenters. The number of aromatic nitrogens is 10. The van der Waals surface area contributed by atoms with Crippen molar-refractivity contribution in [3.63, 3.8) is 0 Å². The van der Waals surface area contributed by atoms with Crippen molar-refractivity contribution in [2.24, 2.45) is 57.0 Å². The maximum Gasteiger partial charge on any atom is 0.498 e.